The van der Waals surface area contributed by atoms with Gasteiger partial charge in [-0.05, 0) is 18.2 Å². The number of primary amides is 1. The Hall–Kier alpha value is -3.30. The van der Waals surface area contributed by atoms with Gasteiger partial charge in [0, 0.05) is 13.1 Å². The standard InChI is InChI=1S/C19H13ClN4O4S/c1-9(25)28-16-11-6-10(20)7-22-18(11)24(19(27)15(16)17(21)26)8-14-23-12-4-2-3-5-13(12)29-14/h2-7H,8H2,1H3,(H2,21,26). The molecule has 0 radical (unpaired) electrons. The number of thiazole rings is 1. The van der Waals surface area contributed by atoms with Crippen LogP contribution >= 0.6 is 22.9 Å². The Balaban J connectivity index is 2.00. The number of esters is 1. The highest BCUT2D eigenvalue weighted by Gasteiger charge is 2.25. The molecule has 4 rings (SSSR count). The van der Waals surface area contributed by atoms with Gasteiger partial charge in [0.25, 0.3) is 11.5 Å². The van der Waals surface area contributed by atoms with E-state index in [1.807, 2.05) is 24.3 Å². The van der Waals surface area contributed by atoms with Crippen molar-refractivity contribution in [2.75, 3.05) is 0 Å². The van der Waals surface area contributed by atoms with Crippen molar-refractivity contribution in [2.45, 2.75) is 13.5 Å². The highest BCUT2D eigenvalue weighted by atomic mass is 35.5. The summed E-state index contributed by atoms with van der Waals surface area (Å²) in [5, 5.41) is 1.11. The van der Waals surface area contributed by atoms with Crippen LogP contribution in [0.1, 0.15) is 22.3 Å². The first kappa shape index (κ1) is 19.0. The van der Waals surface area contributed by atoms with E-state index in [0.29, 0.717) is 5.01 Å². The highest BCUT2D eigenvalue weighted by molar-refractivity contribution is 7.18. The summed E-state index contributed by atoms with van der Waals surface area (Å²) in [6, 6.07) is 9.02. The van der Waals surface area contributed by atoms with Gasteiger partial charge in [0.05, 0.1) is 27.2 Å². The van der Waals surface area contributed by atoms with Crippen molar-refractivity contribution < 1.29 is 14.3 Å². The average molecular weight is 429 g/mol. The van der Waals surface area contributed by atoms with Crippen molar-refractivity contribution in [2.24, 2.45) is 5.73 Å². The first-order chi connectivity index (χ1) is 13.8. The molecule has 29 heavy (non-hydrogen) atoms. The van der Waals surface area contributed by atoms with Crippen LogP contribution in [0, 0.1) is 0 Å². The first-order valence-electron chi connectivity index (χ1n) is 8.40. The number of para-hydroxylation sites is 1. The van der Waals surface area contributed by atoms with Crippen LogP contribution in [0.25, 0.3) is 21.3 Å². The minimum Gasteiger partial charge on any atom is -0.425 e. The third kappa shape index (κ3) is 3.45. The Kier molecular flexibility index (Phi) is 4.77. The Bertz CT molecular complexity index is 1330. The number of nitrogens with two attached hydrogens (primary N) is 1. The van der Waals surface area contributed by atoms with E-state index in [1.165, 1.54) is 28.2 Å². The largest absolute Gasteiger partial charge is 0.425 e. The second kappa shape index (κ2) is 7.26. The van der Waals surface area contributed by atoms with Gasteiger partial charge in [-0.3, -0.25) is 19.0 Å². The number of amides is 1. The zero-order chi connectivity index (χ0) is 20.7. The lowest BCUT2D eigenvalue weighted by Crippen LogP contribution is -2.32. The second-order valence-corrected chi connectivity index (χ2v) is 7.70. The van der Waals surface area contributed by atoms with Gasteiger partial charge >= 0.3 is 5.97 Å². The molecule has 10 heteroatoms. The third-order valence-electron chi connectivity index (χ3n) is 4.14. The molecule has 4 aromatic rings. The van der Waals surface area contributed by atoms with Crippen LogP contribution in [0.3, 0.4) is 0 Å². The SMILES string of the molecule is CC(=O)Oc1c(C(N)=O)c(=O)n(Cc2nc3ccccc3s2)c2ncc(Cl)cc12. The van der Waals surface area contributed by atoms with E-state index >= 15 is 0 Å². The smallest absolute Gasteiger partial charge is 0.308 e. The van der Waals surface area contributed by atoms with Crippen molar-refractivity contribution in [3.8, 4) is 5.75 Å². The van der Waals surface area contributed by atoms with Crippen molar-refractivity contribution in [3.63, 3.8) is 0 Å². The van der Waals surface area contributed by atoms with Crippen molar-refractivity contribution in [1.82, 2.24) is 14.5 Å². The second-order valence-electron chi connectivity index (χ2n) is 6.15. The molecule has 0 aliphatic carbocycles. The predicted molar refractivity (Wildman–Crippen MR) is 110 cm³/mol. The van der Waals surface area contributed by atoms with E-state index in [2.05, 4.69) is 9.97 Å². The Morgan fingerprint density at radius 3 is 2.76 bits per heavy atom. The van der Waals surface area contributed by atoms with E-state index in [9.17, 15) is 14.4 Å². The maximum atomic E-state index is 13.1. The zero-order valence-corrected chi connectivity index (χ0v) is 16.6. The number of carbonyl (C=O) groups excluding carboxylic acids is 2. The van der Waals surface area contributed by atoms with Gasteiger partial charge in [-0.2, -0.15) is 0 Å². The number of benzene rings is 1. The van der Waals surface area contributed by atoms with E-state index in [0.717, 1.165) is 17.1 Å². The molecule has 0 saturated carbocycles. The van der Waals surface area contributed by atoms with Gasteiger partial charge in [-0.1, -0.05) is 23.7 Å². The topological polar surface area (TPSA) is 117 Å². The minimum atomic E-state index is -1.02. The van der Waals surface area contributed by atoms with Crippen LogP contribution in [-0.4, -0.2) is 26.4 Å². The summed E-state index contributed by atoms with van der Waals surface area (Å²) in [6.45, 7) is 1.21. The number of pyridine rings is 2. The number of ether oxygens (including phenoxy) is 1. The molecule has 0 saturated heterocycles. The number of carbonyl (C=O) groups is 2. The molecule has 0 bridgehead atoms. The molecule has 1 aromatic carbocycles. The molecule has 0 atom stereocenters. The molecule has 0 fully saturated rings. The molecule has 2 N–H and O–H groups in total. The van der Waals surface area contributed by atoms with Crippen LogP contribution in [0.5, 0.6) is 5.75 Å². The van der Waals surface area contributed by atoms with Crippen LogP contribution in [-0.2, 0) is 11.3 Å². The van der Waals surface area contributed by atoms with Gasteiger partial charge in [0.1, 0.15) is 16.2 Å². The molecule has 0 unspecified atom stereocenters. The van der Waals surface area contributed by atoms with Gasteiger partial charge in [-0.25, -0.2) is 9.97 Å². The van der Waals surface area contributed by atoms with E-state index in [1.54, 1.807) is 0 Å². The number of aromatic nitrogens is 3. The lowest BCUT2D eigenvalue weighted by Gasteiger charge is -2.14. The lowest BCUT2D eigenvalue weighted by molar-refractivity contribution is -0.131. The summed E-state index contributed by atoms with van der Waals surface area (Å²) < 4.78 is 7.38. The van der Waals surface area contributed by atoms with Crippen LogP contribution < -0.4 is 16.0 Å². The lowest BCUT2D eigenvalue weighted by atomic mass is 10.1. The van der Waals surface area contributed by atoms with Gasteiger partial charge in [0.2, 0.25) is 0 Å². The summed E-state index contributed by atoms with van der Waals surface area (Å²) in [5.41, 5.74) is 5.25. The van der Waals surface area contributed by atoms with Gasteiger partial charge in [0.15, 0.2) is 5.75 Å². The summed E-state index contributed by atoms with van der Waals surface area (Å²) in [5.74, 6) is -1.98. The van der Waals surface area contributed by atoms with E-state index in [4.69, 9.17) is 22.1 Å². The van der Waals surface area contributed by atoms with Crippen LogP contribution in [0.4, 0.5) is 0 Å². The van der Waals surface area contributed by atoms with E-state index in [-0.39, 0.29) is 28.4 Å². The fourth-order valence-electron chi connectivity index (χ4n) is 3.01. The Labute approximate surface area is 172 Å². The monoisotopic (exact) mass is 428 g/mol. The summed E-state index contributed by atoms with van der Waals surface area (Å²) in [4.78, 5) is 45.5. The maximum Gasteiger partial charge on any atom is 0.308 e. The molecule has 3 heterocycles. The average Bonchev–Trinajstić information content (AvgIpc) is 3.07. The zero-order valence-electron chi connectivity index (χ0n) is 15.0. The van der Waals surface area contributed by atoms with Crippen molar-refractivity contribution in [1.29, 1.82) is 0 Å². The number of fused-ring (bicyclic) bond motifs is 2. The number of rotatable bonds is 4. The normalized spacial score (nSPS) is 11.1. The summed E-state index contributed by atoms with van der Waals surface area (Å²) >= 11 is 7.46. The number of halogens is 1. The molecule has 146 valence electrons. The van der Waals surface area contributed by atoms with Gasteiger partial charge < -0.3 is 10.5 Å². The summed E-state index contributed by atoms with van der Waals surface area (Å²) in [6.07, 6.45) is 1.36. The molecular weight excluding hydrogens is 416 g/mol. The van der Waals surface area contributed by atoms with Crippen LogP contribution in [0.2, 0.25) is 5.02 Å². The van der Waals surface area contributed by atoms with Crippen LogP contribution in [0.15, 0.2) is 41.3 Å². The number of nitrogens with zero attached hydrogens (tertiary/aromatic N) is 3. The summed E-state index contributed by atoms with van der Waals surface area (Å²) in [7, 11) is 0. The van der Waals surface area contributed by atoms with E-state index < -0.39 is 23.0 Å². The predicted octanol–water partition coefficient (Wildman–Crippen LogP) is 2.73. The minimum absolute atomic E-state index is 0.0595. The number of hydrogen-bond donors (Lipinski definition) is 1. The molecule has 3 aromatic heterocycles. The molecule has 0 aliphatic heterocycles. The molecule has 0 spiro atoms. The first-order valence-corrected chi connectivity index (χ1v) is 9.59. The maximum absolute atomic E-state index is 13.1. The highest BCUT2D eigenvalue weighted by Crippen LogP contribution is 2.30. The fourth-order valence-corrected chi connectivity index (χ4v) is 4.13. The Morgan fingerprint density at radius 2 is 2.07 bits per heavy atom. The quantitative estimate of drug-likeness (QED) is 0.499. The fraction of sp³-hybridized carbons (Fsp3) is 0.105. The number of hydrogen-bond acceptors (Lipinski definition) is 7. The van der Waals surface area contributed by atoms with Gasteiger partial charge in [-0.15, -0.1) is 11.3 Å². The molecule has 0 aliphatic rings. The molecular formula is C19H13ClN4O4S. The van der Waals surface area contributed by atoms with Crippen molar-refractivity contribution >= 4 is 56.1 Å². The third-order valence-corrected chi connectivity index (χ3v) is 5.37. The molecule has 8 nitrogen and oxygen atoms in total. The molecule has 1 amide bonds. The van der Waals surface area contributed by atoms with Crippen molar-refractivity contribution in [3.05, 3.63) is 62.5 Å². The Morgan fingerprint density at radius 1 is 1.31 bits per heavy atom.